The maximum atomic E-state index is 10.4. The zero-order chi connectivity index (χ0) is 10.8. The van der Waals surface area contributed by atoms with Crippen molar-refractivity contribution in [2.75, 3.05) is 0 Å². The van der Waals surface area contributed by atoms with Crippen LogP contribution in [0.1, 0.15) is 52.9 Å². The van der Waals surface area contributed by atoms with Crippen LogP contribution >= 0.6 is 0 Å². The Morgan fingerprint density at radius 3 is 2.43 bits per heavy atom. The van der Waals surface area contributed by atoms with Crippen LogP contribution in [0.25, 0.3) is 0 Å². The normalized spacial score (nSPS) is 32.5. The van der Waals surface area contributed by atoms with E-state index in [1.165, 1.54) is 0 Å². The van der Waals surface area contributed by atoms with Crippen molar-refractivity contribution < 1.29 is 5.11 Å². The van der Waals surface area contributed by atoms with Gasteiger partial charge in [0.25, 0.3) is 0 Å². The van der Waals surface area contributed by atoms with Gasteiger partial charge in [-0.15, -0.1) is 0 Å². The average molecular weight is 195 g/mol. The maximum absolute atomic E-state index is 10.4. The Kier molecular flexibility index (Phi) is 3.21. The van der Waals surface area contributed by atoms with E-state index in [4.69, 9.17) is 5.26 Å². The quantitative estimate of drug-likeness (QED) is 0.752. The lowest BCUT2D eigenvalue weighted by Gasteiger charge is -2.29. The van der Waals surface area contributed by atoms with Crippen molar-refractivity contribution in [3.8, 4) is 6.07 Å². The Hall–Kier alpha value is -0.550. The standard InChI is InChI=1S/C12H21NO/c1-4-5-10(8-13)12(14)7-6-11(2,3)9-12/h10,14H,4-7,9H2,1-3H3. The summed E-state index contributed by atoms with van der Waals surface area (Å²) in [6.45, 7) is 6.41. The van der Waals surface area contributed by atoms with E-state index in [9.17, 15) is 5.11 Å². The minimum absolute atomic E-state index is 0.172. The Morgan fingerprint density at radius 1 is 1.43 bits per heavy atom. The molecule has 0 aliphatic heterocycles. The van der Waals surface area contributed by atoms with Gasteiger partial charge in [-0.05, 0) is 31.1 Å². The number of rotatable bonds is 3. The molecule has 2 heteroatoms. The fourth-order valence-corrected chi connectivity index (χ4v) is 2.60. The summed E-state index contributed by atoms with van der Waals surface area (Å²) >= 11 is 0. The first-order chi connectivity index (χ1) is 6.43. The van der Waals surface area contributed by atoms with Crippen LogP contribution in [0.3, 0.4) is 0 Å². The van der Waals surface area contributed by atoms with Crippen LogP contribution in [0.15, 0.2) is 0 Å². The summed E-state index contributed by atoms with van der Waals surface area (Å²) in [5, 5.41) is 19.4. The van der Waals surface area contributed by atoms with Crippen LogP contribution in [-0.4, -0.2) is 10.7 Å². The molecule has 0 bridgehead atoms. The van der Waals surface area contributed by atoms with Gasteiger partial charge in [-0.3, -0.25) is 0 Å². The summed E-state index contributed by atoms with van der Waals surface area (Å²) in [4.78, 5) is 0. The third kappa shape index (κ3) is 2.27. The zero-order valence-corrected chi connectivity index (χ0v) is 9.51. The molecule has 0 spiro atoms. The topological polar surface area (TPSA) is 44.0 Å². The molecule has 1 aliphatic carbocycles. The molecule has 80 valence electrons. The van der Waals surface area contributed by atoms with E-state index in [0.29, 0.717) is 0 Å². The average Bonchev–Trinajstić information content (AvgIpc) is 2.37. The Balaban J connectivity index is 2.71. The Labute approximate surface area is 86.9 Å². The van der Waals surface area contributed by atoms with Crippen molar-refractivity contribution in [3.63, 3.8) is 0 Å². The van der Waals surface area contributed by atoms with Gasteiger partial charge in [-0.2, -0.15) is 5.26 Å². The van der Waals surface area contributed by atoms with Gasteiger partial charge in [0.2, 0.25) is 0 Å². The molecule has 1 rings (SSSR count). The summed E-state index contributed by atoms with van der Waals surface area (Å²) in [6.07, 6.45) is 4.39. The molecule has 2 atom stereocenters. The fraction of sp³-hybridized carbons (Fsp3) is 0.917. The molecule has 0 amide bonds. The van der Waals surface area contributed by atoms with Crippen molar-refractivity contribution in [1.82, 2.24) is 0 Å². The first kappa shape index (κ1) is 11.5. The van der Waals surface area contributed by atoms with Gasteiger partial charge in [0.1, 0.15) is 0 Å². The first-order valence-electron chi connectivity index (χ1n) is 5.55. The van der Waals surface area contributed by atoms with Crippen molar-refractivity contribution in [1.29, 1.82) is 5.26 Å². The largest absolute Gasteiger partial charge is 0.389 e. The highest BCUT2D eigenvalue weighted by Gasteiger charge is 2.46. The highest BCUT2D eigenvalue weighted by molar-refractivity contribution is 5.04. The number of nitrogens with zero attached hydrogens (tertiary/aromatic N) is 1. The van der Waals surface area contributed by atoms with Crippen LogP contribution < -0.4 is 0 Å². The third-order valence-corrected chi connectivity index (χ3v) is 3.40. The van der Waals surface area contributed by atoms with Gasteiger partial charge in [0, 0.05) is 0 Å². The molecule has 2 nitrogen and oxygen atoms in total. The summed E-state index contributed by atoms with van der Waals surface area (Å²) in [7, 11) is 0. The summed E-state index contributed by atoms with van der Waals surface area (Å²) in [6, 6.07) is 2.27. The van der Waals surface area contributed by atoms with Crippen molar-refractivity contribution in [2.45, 2.75) is 58.5 Å². The van der Waals surface area contributed by atoms with Gasteiger partial charge in [-0.25, -0.2) is 0 Å². The van der Waals surface area contributed by atoms with Gasteiger partial charge in [0.15, 0.2) is 0 Å². The molecule has 0 heterocycles. The maximum Gasteiger partial charge on any atom is 0.0810 e. The van der Waals surface area contributed by atoms with E-state index >= 15 is 0 Å². The van der Waals surface area contributed by atoms with Gasteiger partial charge in [-0.1, -0.05) is 27.2 Å². The second kappa shape index (κ2) is 3.90. The second-order valence-electron chi connectivity index (χ2n) is 5.41. The molecule has 0 saturated heterocycles. The lowest BCUT2D eigenvalue weighted by molar-refractivity contribution is -0.00286. The highest BCUT2D eigenvalue weighted by Crippen LogP contribution is 2.47. The van der Waals surface area contributed by atoms with Crippen LogP contribution in [0.5, 0.6) is 0 Å². The summed E-state index contributed by atoms with van der Waals surface area (Å²) < 4.78 is 0. The summed E-state index contributed by atoms with van der Waals surface area (Å²) in [5.41, 5.74) is -0.508. The number of hydrogen-bond acceptors (Lipinski definition) is 2. The molecule has 1 fully saturated rings. The minimum atomic E-state index is -0.714. The molecule has 2 unspecified atom stereocenters. The van der Waals surface area contributed by atoms with E-state index in [2.05, 4.69) is 26.8 Å². The Bertz CT molecular complexity index is 241. The van der Waals surface area contributed by atoms with Gasteiger partial charge in [0.05, 0.1) is 17.6 Å². The number of hydrogen-bond donors (Lipinski definition) is 1. The van der Waals surface area contributed by atoms with Gasteiger partial charge < -0.3 is 5.11 Å². The molecule has 0 radical (unpaired) electrons. The lowest BCUT2D eigenvalue weighted by Crippen LogP contribution is -2.35. The molecule has 1 N–H and O–H groups in total. The molecule has 14 heavy (non-hydrogen) atoms. The lowest BCUT2D eigenvalue weighted by atomic mass is 9.80. The van der Waals surface area contributed by atoms with E-state index in [1.807, 2.05) is 0 Å². The Morgan fingerprint density at radius 2 is 2.07 bits per heavy atom. The first-order valence-corrected chi connectivity index (χ1v) is 5.55. The fourth-order valence-electron chi connectivity index (χ4n) is 2.60. The van der Waals surface area contributed by atoms with E-state index in [1.54, 1.807) is 0 Å². The zero-order valence-electron chi connectivity index (χ0n) is 9.51. The van der Waals surface area contributed by atoms with Crippen LogP contribution in [0, 0.1) is 22.7 Å². The predicted molar refractivity (Wildman–Crippen MR) is 56.6 cm³/mol. The van der Waals surface area contributed by atoms with Crippen molar-refractivity contribution >= 4 is 0 Å². The van der Waals surface area contributed by atoms with Crippen LogP contribution in [-0.2, 0) is 0 Å². The van der Waals surface area contributed by atoms with Gasteiger partial charge >= 0.3 is 0 Å². The molecule has 0 aromatic rings. The molecule has 1 saturated carbocycles. The number of aliphatic hydroxyl groups is 1. The van der Waals surface area contributed by atoms with E-state index in [0.717, 1.165) is 32.1 Å². The third-order valence-electron chi connectivity index (χ3n) is 3.40. The smallest absolute Gasteiger partial charge is 0.0810 e. The summed E-state index contributed by atoms with van der Waals surface area (Å²) in [5.74, 6) is -0.172. The monoisotopic (exact) mass is 195 g/mol. The number of nitriles is 1. The molecular formula is C12H21NO. The van der Waals surface area contributed by atoms with Crippen LogP contribution in [0.2, 0.25) is 0 Å². The predicted octanol–water partition coefficient (Wildman–Crippen LogP) is 2.87. The molecule has 0 aromatic heterocycles. The molecular weight excluding hydrogens is 174 g/mol. The molecule has 1 aliphatic rings. The van der Waals surface area contributed by atoms with Crippen molar-refractivity contribution in [2.24, 2.45) is 11.3 Å². The highest BCUT2D eigenvalue weighted by atomic mass is 16.3. The van der Waals surface area contributed by atoms with Crippen molar-refractivity contribution in [3.05, 3.63) is 0 Å². The molecule has 0 aromatic carbocycles. The van der Waals surface area contributed by atoms with Crippen LogP contribution in [0.4, 0.5) is 0 Å². The second-order valence-corrected chi connectivity index (χ2v) is 5.41. The van der Waals surface area contributed by atoms with E-state index < -0.39 is 5.60 Å². The SMILES string of the molecule is CCCC(C#N)C1(O)CCC(C)(C)C1. The minimum Gasteiger partial charge on any atom is -0.389 e. The van der Waals surface area contributed by atoms with E-state index in [-0.39, 0.29) is 11.3 Å².